The van der Waals surface area contributed by atoms with E-state index in [1.54, 1.807) is 23.1 Å². The fourth-order valence-electron chi connectivity index (χ4n) is 3.24. The largest absolute Gasteiger partial charge is 0.451 e. The van der Waals surface area contributed by atoms with E-state index in [4.69, 9.17) is 4.42 Å². The number of carbonyl (C=O) groups excluding carboxylic acids is 1. The molecule has 1 fully saturated rings. The van der Waals surface area contributed by atoms with Gasteiger partial charge in [0.1, 0.15) is 5.58 Å². The van der Waals surface area contributed by atoms with Crippen molar-refractivity contribution in [2.24, 2.45) is 0 Å². The van der Waals surface area contributed by atoms with Gasteiger partial charge in [0.05, 0.1) is 4.21 Å². The highest BCUT2D eigenvalue weighted by molar-refractivity contribution is 8.00. The SMILES string of the molecule is O=C(NC1CCCC1)c1oc2ccccc2c1CSc1cccs1. The minimum Gasteiger partial charge on any atom is -0.451 e. The zero-order valence-corrected chi connectivity index (χ0v) is 14.9. The Kier molecular flexibility index (Phi) is 4.63. The average molecular weight is 358 g/mol. The average Bonchev–Trinajstić information content (AvgIpc) is 3.33. The summed E-state index contributed by atoms with van der Waals surface area (Å²) < 4.78 is 7.17. The van der Waals surface area contributed by atoms with E-state index in [0.29, 0.717) is 11.8 Å². The highest BCUT2D eigenvalue weighted by Crippen LogP contribution is 2.34. The molecule has 0 aliphatic heterocycles. The van der Waals surface area contributed by atoms with E-state index < -0.39 is 0 Å². The Morgan fingerprint density at radius 2 is 2.04 bits per heavy atom. The molecule has 2 heterocycles. The molecule has 4 rings (SSSR count). The molecule has 1 saturated carbocycles. The standard InChI is InChI=1S/C19H19NO2S2/c21-19(20-13-6-1-2-7-13)18-15(12-24-17-10-5-11-23-17)14-8-3-4-9-16(14)22-18/h3-5,8-11,13H,1-2,6-7,12H2,(H,20,21). The third-order valence-corrected chi connectivity index (χ3v) is 6.61. The van der Waals surface area contributed by atoms with Gasteiger partial charge in [-0.1, -0.05) is 37.1 Å². The summed E-state index contributed by atoms with van der Waals surface area (Å²) in [6.45, 7) is 0. The number of benzene rings is 1. The lowest BCUT2D eigenvalue weighted by Crippen LogP contribution is -2.32. The molecule has 1 aliphatic rings. The molecule has 0 bridgehead atoms. The van der Waals surface area contributed by atoms with Crippen molar-refractivity contribution in [3.8, 4) is 0 Å². The van der Waals surface area contributed by atoms with Gasteiger partial charge in [0.25, 0.3) is 5.91 Å². The van der Waals surface area contributed by atoms with Crippen molar-refractivity contribution in [3.05, 3.63) is 53.1 Å². The van der Waals surface area contributed by atoms with E-state index in [1.165, 1.54) is 17.1 Å². The molecule has 0 radical (unpaired) electrons. The van der Waals surface area contributed by atoms with Crippen LogP contribution in [0, 0.1) is 0 Å². The zero-order chi connectivity index (χ0) is 16.4. The van der Waals surface area contributed by atoms with Crippen LogP contribution < -0.4 is 5.32 Å². The van der Waals surface area contributed by atoms with Gasteiger partial charge in [0, 0.05) is 22.7 Å². The van der Waals surface area contributed by atoms with Crippen molar-refractivity contribution in [1.82, 2.24) is 5.32 Å². The third-order valence-electron chi connectivity index (χ3n) is 4.45. The number of nitrogens with one attached hydrogen (secondary N) is 1. The lowest BCUT2D eigenvalue weighted by Gasteiger charge is -2.11. The van der Waals surface area contributed by atoms with E-state index in [9.17, 15) is 4.79 Å². The predicted molar refractivity (Wildman–Crippen MR) is 99.8 cm³/mol. The number of carbonyl (C=O) groups is 1. The Hall–Kier alpha value is -1.72. The first-order chi connectivity index (χ1) is 11.8. The Morgan fingerprint density at radius 1 is 1.21 bits per heavy atom. The van der Waals surface area contributed by atoms with E-state index >= 15 is 0 Å². The van der Waals surface area contributed by atoms with Crippen LogP contribution in [0.5, 0.6) is 0 Å². The van der Waals surface area contributed by atoms with Crippen LogP contribution in [0.25, 0.3) is 11.0 Å². The number of rotatable bonds is 5. The molecule has 24 heavy (non-hydrogen) atoms. The molecule has 0 unspecified atom stereocenters. The number of furan rings is 1. The molecule has 0 spiro atoms. The summed E-state index contributed by atoms with van der Waals surface area (Å²) in [6.07, 6.45) is 4.55. The summed E-state index contributed by atoms with van der Waals surface area (Å²) in [7, 11) is 0. The number of hydrogen-bond acceptors (Lipinski definition) is 4. The van der Waals surface area contributed by atoms with E-state index in [-0.39, 0.29) is 5.91 Å². The maximum absolute atomic E-state index is 12.7. The van der Waals surface area contributed by atoms with Crippen LogP contribution >= 0.6 is 23.1 Å². The van der Waals surface area contributed by atoms with Crippen LogP contribution in [0.15, 0.2) is 50.4 Å². The van der Waals surface area contributed by atoms with Gasteiger partial charge in [-0.3, -0.25) is 4.79 Å². The fraction of sp³-hybridized carbons (Fsp3) is 0.316. The van der Waals surface area contributed by atoms with Crippen molar-refractivity contribution >= 4 is 40.0 Å². The van der Waals surface area contributed by atoms with Crippen molar-refractivity contribution in [1.29, 1.82) is 0 Å². The molecule has 0 saturated heterocycles. The molecule has 3 nitrogen and oxygen atoms in total. The van der Waals surface area contributed by atoms with E-state index in [2.05, 4.69) is 16.8 Å². The smallest absolute Gasteiger partial charge is 0.287 e. The number of thiophene rings is 1. The quantitative estimate of drug-likeness (QED) is 0.617. The van der Waals surface area contributed by atoms with Gasteiger partial charge in [0.15, 0.2) is 5.76 Å². The van der Waals surface area contributed by atoms with Crippen molar-refractivity contribution < 1.29 is 9.21 Å². The fourth-order valence-corrected chi connectivity index (χ4v) is 5.05. The summed E-state index contributed by atoms with van der Waals surface area (Å²) >= 11 is 3.47. The lowest BCUT2D eigenvalue weighted by atomic mass is 10.1. The Balaban J connectivity index is 1.62. The summed E-state index contributed by atoms with van der Waals surface area (Å²) in [4.78, 5) is 12.7. The molecule has 1 amide bonds. The Bertz CT molecular complexity index is 832. The molecule has 3 aromatic rings. The molecule has 124 valence electrons. The maximum Gasteiger partial charge on any atom is 0.287 e. The minimum absolute atomic E-state index is 0.0696. The summed E-state index contributed by atoms with van der Waals surface area (Å²) in [5, 5.41) is 6.26. The molecule has 1 aliphatic carbocycles. The predicted octanol–water partition coefficient (Wildman–Crippen LogP) is 5.46. The van der Waals surface area contributed by atoms with E-state index in [0.717, 1.165) is 35.1 Å². The number of fused-ring (bicyclic) bond motifs is 1. The third kappa shape index (κ3) is 3.23. The highest BCUT2D eigenvalue weighted by atomic mass is 32.2. The van der Waals surface area contributed by atoms with Crippen molar-refractivity contribution in [2.45, 2.75) is 41.7 Å². The van der Waals surface area contributed by atoms with Crippen LogP contribution in [-0.4, -0.2) is 11.9 Å². The number of thioether (sulfide) groups is 1. The number of amides is 1. The van der Waals surface area contributed by atoms with Crippen LogP contribution in [0.3, 0.4) is 0 Å². The second kappa shape index (κ2) is 7.03. The monoisotopic (exact) mass is 357 g/mol. The molecular weight excluding hydrogens is 338 g/mol. The topological polar surface area (TPSA) is 42.2 Å². The molecule has 1 aromatic carbocycles. The first kappa shape index (κ1) is 15.8. The van der Waals surface area contributed by atoms with Crippen LogP contribution in [0.1, 0.15) is 41.8 Å². The maximum atomic E-state index is 12.7. The van der Waals surface area contributed by atoms with Gasteiger partial charge in [-0.15, -0.1) is 23.1 Å². The number of para-hydroxylation sites is 1. The number of hydrogen-bond donors (Lipinski definition) is 1. The zero-order valence-electron chi connectivity index (χ0n) is 13.3. The first-order valence-electron chi connectivity index (χ1n) is 8.29. The summed E-state index contributed by atoms with van der Waals surface area (Å²) in [5.41, 5.74) is 1.79. The normalized spacial score (nSPS) is 15.2. The van der Waals surface area contributed by atoms with Crippen molar-refractivity contribution in [2.75, 3.05) is 0 Å². The van der Waals surface area contributed by atoms with Gasteiger partial charge in [-0.2, -0.15) is 0 Å². The summed E-state index contributed by atoms with van der Waals surface area (Å²) in [5.74, 6) is 1.15. The molecule has 0 atom stereocenters. The van der Waals surface area contributed by atoms with Gasteiger partial charge in [-0.25, -0.2) is 0 Å². The molecule has 2 aromatic heterocycles. The summed E-state index contributed by atoms with van der Waals surface area (Å²) in [6, 6.07) is 12.4. The Morgan fingerprint density at radius 3 is 2.83 bits per heavy atom. The van der Waals surface area contributed by atoms with Crippen LogP contribution in [0.2, 0.25) is 0 Å². The van der Waals surface area contributed by atoms with Crippen molar-refractivity contribution in [3.63, 3.8) is 0 Å². The van der Waals surface area contributed by atoms with Crippen LogP contribution in [-0.2, 0) is 5.75 Å². The van der Waals surface area contributed by atoms with Gasteiger partial charge in [-0.05, 0) is 30.4 Å². The highest BCUT2D eigenvalue weighted by Gasteiger charge is 2.24. The molecule has 1 N–H and O–H groups in total. The second-order valence-electron chi connectivity index (χ2n) is 6.08. The second-order valence-corrected chi connectivity index (χ2v) is 8.30. The van der Waals surface area contributed by atoms with E-state index in [1.807, 2.05) is 30.3 Å². The lowest BCUT2D eigenvalue weighted by molar-refractivity contribution is 0.0911. The van der Waals surface area contributed by atoms with Crippen LogP contribution in [0.4, 0.5) is 0 Å². The van der Waals surface area contributed by atoms with Gasteiger partial charge in [0.2, 0.25) is 0 Å². The molecular formula is C19H19NO2S2. The Labute approximate surface area is 149 Å². The van der Waals surface area contributed by atoms with Gasteiger partial charge < -0.3 is 9.73 Å². The minimum atomic E-state index is -0.0696. The first-order valence-corrected chi connectivity index (χ1v) is 10.2. The molecule has 5 heteroatoms. The van der Waals surface area contributed by atoms with Gasteiger partial charge >= 0.3 is 0 Å².